The van der Waals surface area contributed by atoms with E-state index >= 15 is 0 Å². The van der Waals surface area contributed by atoms with Gasteiger partial charge in [-0.3, -0.25) is 9.59 Å². The van der Waals surface area contributed by atoms with Crippen LogP contribution < -0.4 is 5.30 Å². The first-order chi connectivity index (χ1) is 16.6. The maximum Gasteiger partial charge on any atom is 0.417 e. The molecule has 0 spiro atoms. The average molecular weight is 608 g/mol. The third-order valence-electron chi connectivity index (χ3n) is 4.86. The maximum atomic E-state index is 13.5. The van der Waals surface area contributed by atoms with Crippen molar-refractivity contribution >= 4 is 70.8 Å². The third-order valence-corrected chi connectivity index (χ3v) is 8.50. The fourth-order valence-corrected chi connectivity index (χ4v) is 6.33. The summed E-state index contributed by atoms with van der Waals surface area (Å²) in [5.41, 5.74) is -8.19. The summed E-state index contributed by atoms with van der Waals surface area (Å²) in [6.45, 7) is 0. The standard InChI is InChI=1S/C22H9Cl4F6O3P/c23-14-13(18(33)9-5-2-1-3-6-9)15(24)17(26)19(16(14)25)36(35)20(34)12-10(21(27,28)29)7-4-8-11(12)22(30,31)32/h1-8,36H. The highest BCUT2D eigenvalue weighted by Crippen LogP contribution is 2.47. The molecule has 0 aliphatic carbocycles. The molecule has 190 valence electrons. The summed E-state index contributed by atoms with van der Waals surface area (Å²) in [5, 5.41) is -3.71. The molecule has 3 aromatic rings. The Balaban J connectivity index is 2.23. The Bertz CT molecular complexity index is 1340. The molecule has 1 unspecified atom stereocenters. The van der Waals surface area contributed by atoms with Crippen molar-refractivity contribution in [3.8, 4) is 0 Å². The zero-order valence-electron chi connectivity index (χ0n) is 17.1. The van der Waals surface area contributed by atoms with Gasteiger partial charge in [-0.25, -0.2) is 0 Å². The lowest BCUT2D eigenvalue weighted by atomic mass is 10.0. The van der Waals surface area contributed by atoms with Crippen LogP contribution in [0.2, 0.25) is 20.1 Å². The molecule has 36 heavy (non-hydrogen) atoms. The highest BCUT2D eigenvalue weighted by molar-refractivity contribution is 7.72. The van der Waals surface area contributed by atoms with Gasteiger partial charge in [-0.1, -0.05) is 82.8 Å². The molecule has 0 radical (unpaired) electrons. The summed E-state index contributed by atoms with van der Waals surface area (Å²) in [7, 11) is -4.30. The van der Waals surface area contributed by atoms with Gasteiger partial charge >= 0.3 is 12.4 Å². The van der Waals surface area contributed by atoms with E-state index in [2.05, 4.69) is 0 Å². The molecule has 3 aromatic carbocycles. The molecular weight excluding hydrogens is 599 g/mol. The van der Waals surface area contributed by atoms with Crippen LogP contribution in [-0.4, -0.2) is 11.3 Å². The Hall–Kier alpha value is -2.03. The number of hydrogen-bond acceptors (Lipinski definition) is 3. The minimum Gasteiger partial charge on any atom is -0.313 e. The lowest BCUT2D eigenvalue weighted by molar-refractivity contribution is -0.143. The van der Waals surface area contributed by atoms with E-state index in [0.717, 1.165) is 0 Å². The van der Waals surface area contributed by atoms with Gasteiger partial charge in [0.25, 0.3) is 0 Å². The number of carbonyl (C=O) groups is 2. The van der Waals surface area contributed by atoms with E-state index in [1.54, 1.807) is 6.07 Å². The minimum absolute atomic E-state index is 0.0823. The minimum atomic E-state index is -5.40. The molecule has 0 N–H and O–H groups in total. The van der Waals surface area contributed by atoms with Gasteiger partial charge in [0.2, 0.25) is 5.52 Å². The molecule has 14 heteroatoms. The predicted molar refractivity (Wildman–Crippen MR) is 126 cm³/mol. The summed E-state index contributed by atoms with van der Waals surface area (Å²) in [5.74, 6) is -0.784. The fraction of sp³-hybridized carbons (Fsp3) is 0.0909. The van der Waals surface area contributed by atoms with Crippen LogP contribution in [0.5, 0.6) is 0 Å². The second kappa shape index (κ2) is 10.4. The van der Waals surface area contributed by atoms with Crippen molar-refractivity contribution in [2.75, 3.05) is 0 Å². The van der Waals surface area contributed by atoms with Crippen LogP contribution in [0.15, 0.2) is 48.5 Å². The van der Waals surface area contributed by atoms with Crippen molar-refractivity contribution in [1.29, 1.82) is 0 Å². The maximum absolute atomic E-state index is 13.5. The summed E-state index contributed by atoms with van der Waals surface area (Å²) in [6.07, 6.45) is -10.8. The highest BCUT2D eigenvalue weighted by Gasteiger charge is 2.44. The summed E-state index contributed by atoms with van der Waals surface area (Å²) < 4.78 is 94.1. The molecule has 0 aromatic heterocycles. The topological polar surface area (TPSA) is 51.2 Å². The van der Waals surface area contributed by atoms with Crippen LogP contribution in [0.1, 0.15) is 37.4 Å². The largest absolute Gasteiger partial charge is 0.417 e. The van der Waals surface area contributed by atoms with E-state index in [0.29, 0.717) is 6.07 Å². The SMILES string of the molecule is O=C(c1ccccc1)c1c(Cl)c(Cl)c([PH](=O)C(=O)c2c(C(F)(F)F)cccc2C(F)(F)F)c(Cl)c1Cl. The molecule has 0 amide bonds. The van der Waals surface area contributed by atoms with Gasteiger partial charge in [0.1, 0.15) is 0 Å². The molecular formula is C22H9Cl4F6O3P. The van der Waals surface area contributed by atoms with Crippen LogP contribution in [-0.2, 0) is 16.9 Å². The molecule has 0 aliphatic heterocycles. The molecule has 0 bridgehead atoms. The van der Waals surface area contributed by atoms with E-state index < -0.39 is 79.1 Å². The quantitative estimate of drug-likeness (QED) is 0.126. The zero-order chi connectivity index (χ0) is 27.2. The van der Waals surface area contributed by atoms with Crippen molar-refractivity contribution in [2.45, 2.75) is 12.4 Å². The number of carbonyl (C=O) groups excluding carboxylic acids is 2. The van der Waals surface area contributed by atoms with Gasteiger partial charge in [-0.05, 0) is 12.1 Å². The number of rotatable bonds is 5. The van der Waals surface area contributed by atoms with Crippen molar-refractivity contribution in [1.82, 2.24) is 0 Å². The molecule has 0 aliphatic rings. The Labute approximate surface area is 219 Å². The number of halogens is 10. The van der Waals surface area contributed by atoms with Gasteiger partial charge in [0, 0.05) is 11.1 Å². The molecule has 1 atom stereocenters. The van der Waals surface area contributed by atoms with E-state index in [1.165, 1.54) is 24.3 Å². The third kappa shape index (κ3) is 5.31. The Morgan fingerprint density at radius 1 is 0.639 bits per heavy atom. The highest BCUT2D eigenvalue weighted by atomic mass is 35.5. The van der Waals surface area contributed by atoms with Crippen LogP contribution in [0, 0.1) is 0 Å². The van der Waals surface area contributed by atoms with E-state index in [1.807, 2.05) is 0 Å². The molecule has 0 saturated heterocycles. The number of ketones is 1. The van der Waals surface area contributed by atoms with Gasteiger partial charge < -0.3 is 4.57 Å². The molecule has 3 nitrogen and oxygen atoms in total. The van der Waals surface area contributed by atoms with Crippen LogP contribution >= 0.6 is 54.2 Å². The monoisotopic (exact) mass is 606 g/mol. The van der Waals surface area contributed by atoms with E-state index in [-0.39, 0.29) is 17.7 Å². The normalized spacial score (nSPS) is 12.9. The molecule has 0 heterocycles. The second-order valence-electron chi connectivity index (χ2n) is 7.08. The number of alkyl halides is 6. The lowest BCUT2D eigenvalue weighted by Gasteiger charge is -2.19. The van der Waals surface area contributed by atoms with E-state index in [9.17, 15) is 40.5 Å². The van der Waals surface area contributed by atoms with Gasteiger partial charge in [0.05, 0.1) is 42.1 Å². The fourth-order valence-electron chi connectivity index (χ4n) is 3.26. The smallest absolute Gasteiger partial charge is 0.313 e. The summed E-state index contributed by atoms with van der Waals surface area (Å²) >= 11 is 24.5. The van der Waals surface area contributed by atoms with Crippen molar-refractivity contribution in [3.63, 3.8) is 0 Å². The average Bonchev–Trinajstić information content (AvgIpc) is 2.81. The molecule has 0 saturated carbocycles. The van der Waals surface area contributed by atoms with E-state index in [4.69, 9.17) is 46.4 Å². The summed E-state index contributed by atoms with van der Waals surface area (Å²) in [4.78, 5) is 25.8. The first-order valence-corrected chi connectivity index (χ1v) is 12.3. The van der Waals surface area contributed by atoms with Crippen molar-refractivity contribution < 1.29 is 40.5 Å². The summed E-state index contributed by atoms with van der Waals surface area (Å²) in [6, 6.07) is 8.35. The number of benzene rings is 3. The van der Waals surface area contributed by atoms with Gasteiger partial charge in [-0.2, -0.15) is 26.3 Å². The van der Waals surface area contributed by atoms with Gasteiger partial charge in [0.15, 0.2) is 13.6 Å². The first-order valence-electron chi connectivity index (χ1n) is 9.41. The lowest BCUT2D eigenvalue weighted by Crippen LogP contribution is -2.21. The Morgan fingerprint density at radius 2 is 1.08 bits per heavy atom. The van der Waals surface area contributed by atoms with Crippen LogP contribution in [0.3, 0.4) is 0 Å². The van der Waals surface area contributed by atoms with Crippen LogP contribution in [0.25, 0.3) is 0 Å². The van der Waals surface area contributed by atoms with Crippen molar-refractivity contribution in [2.24, 2.45) is 0 Å². The van der Waals surface area contributed by atoms with Crippen molar-refractivity contribution in [3.05, 3.63) is 96.4 Å². The number of hydrogen-bond donors (Lipinski definition) is 0. The van der Waals surface area contributed by atoms with Crippen LogP contribution in [0.4, 0.5) is 26.3 Å². The predicted octanol–water partition coefficient (Wildman–Crippen LogP) is 8.59. The van der Waals surface area contributed by atoms with Gasteiger partial charge in [-0.15, -0.1) is 0 Å². The Morgan fingerprint density at radius 3 is 1.50 bits per heavy atom. The molecule has 0 fully saturated rings. The Kier molecular flexibility index (Phi) is 8.23. The molecule has 3 rings (SSSR count). The first kappa shape index (κ1) is 28.5. The second-order valence-corrected chi connectivity index (χ2v) is 10.2. The zero-order valence-corrected chi connectivity index (χ0v) is 21.1.